The van der Waals surface area contributed by atoms with Gasteiger partial charge < -0.3 is 9.64 Å². The highest BCUT2D eigenvalue weighted by Gasteiger charge is 2.34. The summed E-state index contributed by atoms with van der Waals surface area (Å²) in [7, 11) is 0. The van der Waals surface area contributed by atoms with Crippen molar-refractivity contribution in [1.82, 2.24) is 4.90 Å². The Morgan fingerprint density at radius 3 is 2.68 bits per heavy atom. The van der Waals surface area contributed by atoms with Crippen molar-refractivity contribution in [3.8, 4) is 0 Å². The van der Waals surface area contributed by atoms with Crippen molar-refractivity contribution in [2.45, 2.75) is 69.8 Å². The summed E-state index contributed by atoms with van der Waals surface area (Å²) in [6.07, 6.45) is 5.35. The maximum absolute atomic E-state index is 12.5. The summed E-state index contributed by atoms with van der Waals surface area (Å²) in [5.74, 6) is 1.30. The summed E-state index contributed by atoms with van der Waals surface area (Å²) in [5, 5.41) is 0. The molecule has 0 unspecified atom stereocenters. The highest BCUT2D eigenvalue weighted by Crippen LogP contribution is 2.29. The molecule has 110 valence electrons. The first-order valence-corrected chi connectivity index (χ1v) is 8.52. The molecule has 3 nitrogen and oxygen atoms in total. The first-order valence-electron chi connectivity index (χ1n) is 7.53. The van der Waals surface area contributed by atoms with E-state index in [0.717, 1.165) is 44.6 Å². The van der Waals surface area contributed by atoms with Crippen LogP contribution >= 0.6 is 11.8 Å². The van der Waals surface area contributed by atoms with Crippen LogP contribution in [0.1, 0.15) is 52.9 Å². The van der Waals surface area contributed by atoms with Crippen LogP contribution in [0.15, 0.2) is 0 Å². The van der Waals surface area contributed by atoms with Crippen LogP contribution in [0.2, 0.25) is 0 Å². The lowest BCUT2D eigenvalue weighted by Gasteiger charge is -2.38. The smallest absolute Gasteiger partial charge is 0.251 e. The largest absolute Gasteiger partial charge is 0.368 e. The molecule has 2 aliphatic rings. The standard InChI is InChI=1S/C15H27NO2S/c1-15(2,3)19-11-12-7-4-5-9-16(12)14(17)13-8-6-10-18-13/h12-13H,4-11H2,1-3H3/t12-,13-/m1/s1. The Morgan fingerprint density at radius 2 is 2.05 bits per heavy atom. The van der Waals surface area contributed by atoms with Gasteiger partial charge in [0.15, 0.2) is 0 Å². The fraction of sp³-hybridized carbons (Fsp3) is 0.933. The van der Waals surface area contributed by atoms with Crippen molar-refractivity contribution < 1.29 is 9.53 Å². The minimum absolute atomic E-state index is 0.153. The molecule has 2 heterocycles. The van der Waals surface area contributed by atoms with Crippen LogP contribution in [0.4, 0.5) is 0 Å². The summed E-state index contributed by atoms with van der Waals surface area (Å²) in [5.41, 5.74) is 0. The van der Waals surface area contributed by atoms with E-state index in [2.05, 4.69) is 25.7 Å². The monoisotopic (exact) mass is 285 g/mol. The van der Waals surface area contributed by atoms with Crippen LogP contribution in [-0.2, 0) is 9.53 Å². The number of piperidine rings is 1. The van der Waals surface area contributed by atoms with Gasteiger partial charge in [0.25, 0.3) is 5.91 Å². The number of carbonyl (C=O) groups excluding carboxylic acids is 1. The van der Waals surface area contributed by atoms with Gasteiger partial charge in [0, 0.05) is 29.7 Å². The Kier molecular flexibility index (Phi) is 5.18. The summed E-state index contributed by atoms with van der Waals surface area (Å²) in [6.45, 7) is 8.41. The van der Waals surface area contributed by atoms with Crippen LogP contribution in [0.25, 0.3) is 0 Å². The molecule has 1 amide bonds. The van der Waals surface area contributed by atoms with Gasteiger partial charge in [-0.25, -0.2) is 0 Å². The highest BCUT2D eigenvalue weighted by atomic mass is 32.2. The number of carbonyl (C=O) groups is 1. The molecule has 0 aliphatic carbocycles. The average molecular weight is 285 g/mol. The van der Waals surface area contributed by atoms with E-state index < -0.39 is 0 Å². The van der Waals surface area contributed by atoms with E-state index in [9.17, 15) is 4.79 Å². The van der Waals surface area contributed by atoms with Gasteiger partial charge in [-0.1, -0.05) is 20.8 Å². The lowest BCUT2D eigenvalue weighted by molar-refractivity contribution is -0.144. The molecule has 2 fully saturated rings. The van der Waals surface area contributed by atoms with Crippen molar-refractivity contribution >= 4 is 17.7 Å². The predicted molar refractivity (Wildman–Crippen MR) is 80.5 cm³/mol. The third-order valence-corrected chi connectivity index (χ3v) is 5.24. The second-order valence-electron chi connectivity index (χ2n) is 6.61. The molecule has 0 aromatic heterocycles. The molecule has 0 spiro atoms. The molecule has 0 N–H and O–H groups in total. The van der Waals surface area contributed by atoms with E-state index in [1.165, 1.54) is 6.42 Å². The Hall–Kier alpha value is -0.220. The van der Waals surface area contributed by atoms with Gasteiger partial charge in [-0.3, -0.25) is 4.79 Å². The zero-order chi connectivity index (χ0) is 13.9. The molecule has 0 bridgehead atoms. The fourth-order valence-corrected chi connectivity index (χ4v) is 3.81. The maximum Gasteiger partial charge on any atom is 0.251 e. The SMILES string of the molecule is CC(C)(C)SC[C@H]1CCCCN1C(=O)[C@H]1CCCO1. The normalized spacial score (nSPS) is 28.7. The summed E-state index contributed by atoms with van der Waals surface area (Å²) < 4.78 is 5.84. The number of rotatable bonds is 3. The van der Waals surface area contributed by atoms with Gasteiger partial charge in [0.05, 0.1) is 0 Å². The van der Waals surface area contributed by atoms with E-state index in [1.807, 2.05) is 11.8 Å². The summed E-state index contributed by atoms with van der Waals surface area (Å²) in [4.78, 5) is 14.6. The van der Waals surface area contributed by atoms with E-state index in [-0.39, 0.29) is 16.8 Å². The lowest BCUT2D eigenvalue weighted by atomic mass is 10.0. The van der Waals surface area contributed by atoms with Crippen molar-refractivity contribution in [3.05, 3.63) is 0 Å². The third-order valence-electron chi connectivity index (χ3n) is 3.82. The second-order valence-corrected chi connectivity index (χ2v) is 8.45. The van der Waals surface area contributed by atoms with Gasteiger partial charge in [-0.2, -0.15) is 11.8 Å². The molecule has 2 rings (SSSR count). The van der Waals surface area contributed by atoms with Crippen molar-refractivity contribution in [3.63, 3.8) is 0 Å². The van der Waals surface area contributed by atoms with Gasteiger partial charge in [0.2, 0.25) is 0 Å². The Balaban J connectivity index is 1.93. The van der Waals surface area contributed by atoms with E-state index in [0.29, 0.717) is 6.04 Å². The number of ether oxygens (including phenoxy) is 1. The number of likely N-dealkylation sites (tertiary alicyclic amines) is 1. The lowest BCUT2D eigenvalue weighted by Crippen LogP contribution is -2.49. The first-order chi connectivity index (χ1) is 8.97. The Bertz CT molecular complexity index is 308. The van der Waals surface area contributed by atoms with Crippen LogP contribution in [0.3, 0.4) is 0 Å². The Labute approximate surface area is 121 Å². The number of thioether (sulfide) groups is 1. The predicted octanol–water partition coefficient (Wildman–Crippen LogP) is 3.08. The fourth-order valence-electron chi connectivity index (χ4n) is 2.77. The molecule has 2 saturated heterocycles. The van der Waals surface area contributed by atoms with E-state index >= 15 is 0 Å². The van der Waals surface area contributed by atoms with Crippen molar-refractivity contribution in [1.29, 1.82) is 0 Å². The molecule has 19 heavy (non-hydrogen) atoms. The zero-order valence-corrected chi connectivity index (χ0v) is 13.3. The average Bonchev–Trinajstić information content (AvgIpc) is 2.89. The summed E-state index contributed by atoms with van der Waals surface area (Å²) >= 11 is 1.97. The molecular weight excluding hydrogens is 258 g/mol. The minimum Gasteiger partial charge on any atom is -0.368 e. The van der Waals surface area contributed by atoms with Crippen LogP contribution in [-0.4, -0.2) is 46.6 Å². The summed E-state index contributed by atoms with van der Waals surface area (Å²) in [6, 6.07) is 0.412. The van der Waals surface area contributed by atoms with Crippen molar-refractivity contribution in [2.24, 2.45) is 0 Å². The number of nitrogens with zero attached hydrogens (tertiary/aromatic N) is 1. The van der Waals surface area contributed by atoms with Gasteiger partial charge in [0.1, 0.15) is 6.10 Å². The number of hydrogen-bond donors (Lipinski definition) is 0. The van der Waals surface area contributed by atoms with Gasteiger partial charge in [-0.15, -0.1) is 0 Å². The van der Waals surface area contributed by atoms with E-state index in [4.69, 9.17) is 4.74 Å². The quantitative estimate of drug-likeness (QED) is 0.798. The van der Waals surface area contributed by atoms with Crippen LogP contribution in [0.5, 0.6) is 0 Å². The van der Waals surface area contributed by atoms with Gasteiger partial charge >= 0.3 is 0 Å². The highest BCUT2D eigenvalue weighted by molar-refractivity contribution is 8.00. The molecular formula is C15H27NO2S. The van der Waals surface area contributed by atoms with Gasteiger partial charge in [-0.05, 0) is 32.1 Å². The Morgan fingerprint density at radius 1 is 1.26 bits per heavy atom. The van der Waals surface area contributed by atoms with Crippen molar-refractivity contribution in [2.75, 3.05) is 18.9 Å². The minimum atomic E-state index is -0.153. The second kappa shape index (κ2) is 6.49. The molecule has 4 heteroatoms. The molecule has 0 aromatic carbocycles. The third kappa shape index (κ3) is 4.38. The molecule has 0 aromatic rings. The molecule has 2 aliphatic heterocycles. The topological polar surface area (TPSA) is 29.5 Å². The first kappa shape index (κ1) is 15.2. The number of amides is 1. The van der Waals surface area contributed by atoms with Crippen LogP contribution in [0, 0.1) is 0 Å². The zero-order valence-electron chi connectivity index (χ0n) is 12.5. The molecule has 0 saturated carbocycles. The van der Waals surface area contributed by atoms with Crippen LogP contribution < -0.4 is 0 Å². The number of hydrogen-bond acceptors (Lipinski definition) is 3. The maximum atomic E-state index is 12.5. The molecule has 2 atom stereocenters. The molecule has 0 radical (unpaired) electrons. The van der Waals surface area contributed by atoms with E-state index in [1.54, 1.807) is 0 Å².